The monoisotopic (exact) mass is 514 g/mol. The van der Waals surface area contributed by atoms with E-state index in [1.165, 1.54) is 29.8 Å². The third-order valence-electron chi connectivity index (χ3n) is 6.87. The molecule has 8 nitrogen and oxygen atoms in total. The van der Waals surface area contributed by atoms with Gasteiger partial charge in [-0.1, -0.05) is 0 Å². The van der Waals surface area contributed by atoms with Crippen molar-refractivity contribution in [2.24, 2.45) is 5.92 Å². The molecule has 2 fully saturated rings. The highest BCUT2D eigenvalue weighted by molar-refractivity contribution is 7.20. The Balaban J connectivity index is 1.36. The van der Waals surface area contributed by atoms with Gasteiger partial charge in [0.2, 0.25) is 0 Å². The van der Waals surface area contributed by atoms with Gasteiger partial charge >= 0.3 is 0 Å². The first-order valence-electron chi connectivity index (χ1n) is 12.5. The molecule has 5 rings (SSSR count). The van der Waals surface area contributed by atoms with E-state index in [-0.39, 0.29) is 18.1 Å². The minimum atomic E-state index is -0.395. The maximum Gasteiger partial charge on any atom is 0.261 e. The van der Waals surface area contributed by atoms with Crippen molar-refractivity contribution in [3.05, 3.63) is 40.8 Å². The number of fused-ring (bicyclic) bond motifs is 1. The number of halogens is 1. The van der Waals surface area contributed by atoms with Crippen LogP contribution in [0, 0.1) is 18.7 Å². The number of nitrogens with one attached hydrogen (secondary N) is 2. The summed E-state index contributed by atoms with van der Waals surface area (Å²) in [6, 6.07) is 4.35. The van der Waals surface area contributed by atoms with E-state index in [1.54, 1.807) is 6.07 Å². The van der Waals surface area contributed by atoms with E-state index in [0.29, 0.717) is 71.7 Å². The SMILES string of the molecule is Cc1c(C(=O)NCC2CCCOC2)sc2ncnc(Nc3ccc(F)cc3OC3CCC(O)CC3)c12. The maximum atomic E-state index is 14.1. The van der Waals surface area contributed by atoms with Crippen LogP contribution in [0.25, 0.3) is 10.2 Å². The van der Waals surface area contributed by atoms with Crippen molar-refractivity contribution in [3.63, 3.8) is 0 Å². The molecule has 3 heterocycles. The summed E-state index contributed by atoms with van der Waals surface area (Å²) in [6.07, 6.45) is 5.90. The van der Waals surface area contributed by atoms with Crippen molar-refractivity contribution in [1.82, 2.24) is 15.3 Å². The minimum Gasteiger partial charge on any atom is -0.488 e. The van der Waals surface area contributed by atoms with Crippen LogP contribution in [0.5, 0.6) is 5.75 Å². The Morgan fingerprint density at radius 2 is 2.08 bits per heavy atom. The number of aliphatic hydroxyl groups excluding tert-OH is 1. The minimum absolute atomic E-state index is 0.0890. The molecule has 1 unspecified atom stereocenters. The number of aliphatic hydroxyl groups is 1. The molecule has 2 aliphatic rings. The van der Waals surface area contributed by atoms with Gasteiger partial charge in [0.05, 0.1) is 34.8 Å². The second-order valence-corrected chi connectivity index (χ2v) is 10.6. The molecule has 1 saturated heterocycles. The summed E-state index contributed by atoms with van der Waals surface area (Å²) in [6.45, 7) is 3.94. The molecule has 2 aromatic heterocycles. The number of carbonyl (C=O) groups excluding carboxylic acids is 1. The Labute approximate surface area is 213 Å². The third-order valence-corrected chi connectivity index (χ3v) is 8.07. The number of hydrogen-bond donors (Lipinski definition) is 3. The van der Waals surface area contributed by atoms with Crippen LogP contribution in [0.1, 0.15) is 53.8 Å². The van der Waals surface area contributed by atoms with Crippen molar-refractivity contribution in [1.29, 1.82) is 0 Å². The molecule has 192 valence electrons. The summed E-state index contributed by atoms with van der Waals surface area (Å²) in [7, 11) is 0. The molecule has 36 heavy (non-hydrogen) atoms. The van der Waals surface area contributed by atoms with Crippen molar-refractivity contribution in [2.75, 3.05) is 25.1 Å². The summed E-state index contributed by atoms with van der Waals surface area (Å²) in [5, 5.41) is 16.9. The van der Waals surface area contributed by atoms with Gasteiger partial charge in [-0.15, -0.1) is 11.3 Å². The molecular formula is C26H31FN4O4S. The standard InChI is InChI=1S/C26H31FN4O4S/c1-15-22-24(31-20-9-4-17(27)11-21(20)35-19-7-5-18(32)6-8-19)29-14-30-26(22)36-23(15)25(33)28-12-16-3-2-10-34-13-16/h4,9,11,14,16,18-19,32H,2-3,5-8,10,12-13H2,1H3,(H,28,33)(H,29,30,31). The first-order chi connectivity index (χ1) is 17.5. The number of carbonyl (C=O) groups is 1. The van der Waals surface area contributed by atoms with Crippen LogP contribution < -0.4 is 15.4 Å². The fourth-order valence-corrected chi connectivity index (χ4v) is 5.90. The molecular weight excluding hydrogens is 483 g/mol. The van der Waals surface area contributed by atoms with Crippen molar-refractivity contribution in [3.8, 4) is 5.75 Å². The molecule has 1 amide bonds. The predicted molar refractivity (Wildman–Crippen MR) is 137 cm³/mol. The van der Waals surface area contributed by atoms with Gasteiger partial charge in [0.25, 0.3) is 5.91 Å². The molecule has 1 saturated carbocycles. The lowest BCUT2D eigenvalue weighted by Crippen LogP contribution is -2.33. The highest BCUT2D eigenvalue weighted by Crippen LogP contribution is 2.37. The Hall–Kier alpha value is -2.82. The van der Waals surface area contributed by atoms with Gasteiger partial charge in [-0.05, 0) is 69.1 Å². The lowest BCUT2D eigenvalue weighted by atomic mass is 9.95. The topological polar surface area (TPSA) is 106 Å². The van der Waals surface area contributed by atoms with Gasteiger partial charge in [0.1, 0.15) is 28.5 Å². The highest BCUT2D eigenvalue weighted by Gasteiger charge is 2.24. The van der Waals surface area contributed by atoms with E-state index >= 15 is 0 Å². The van der Waals surface area contributed by atoms with E-state index in [1.807, 2.05) is 6.92 Å². The average molecular weight is 515 g/mol. The molecule has 10 heteroatoms. The number of aryl methyl sites for hydroxylation is 1. The predicted octanol–water partition coefficient (Wildman–Crippen LogP) is 4.72. The number of anilines is 2. The summed E-state index contributed by atoms with van der Waals surface area (Å²) in [4.78, 5) is 23.1. The summed E-state index contributed by atoms with van der Waals surface area (Å²) in [5.41, 5.74) is 1.37. The summed E-state index contributed by atoms with van der Waals surface area (Å²) >= 11 is 1.33. The lowest BCUT2D eigenvalue weighted by Gasteiger charge is -2.27. The Kier molecular flexibility index (Phi) is 7.64. The average Bonchev–Trinajstić information content (AvgIpc) is 3.23. The molecule has 1 aromatic carbocycles. The highest BCUT2D eigenvalue weighted by atomic mass is 32.1. The van der Waals surface area contributed by atoms with E-state index in [4.69, 9.17) is 9.47 Å². The summed E-state index contributed by atoms with van der Waals surface area (Å²) < 4.78 is 25.7. The molecule has 3 aromatic rings. The van der Waals surface area contributed by atoms with E-state index in [2.05, 4.69) is 20.6 Å². The zero-order valence-electron chi connectivity index (χ0n) is 20.3. The van der Waals surface area contributed by atoms with Gasteiger partial charge < -0.3 is 25.2 Å². The van der Waals surface area contributed by atoms with Gasteiger partial charge in [0, 0.05) is 19.2 Å². The molecule has 0 bridgehead atoms. The van der Waals surface area contributed by atoms with Crippen LogP contribution in [0.15, 0.2) is 24.5 Å². The van der Waals surface area contributed by atoms with Crippen molar-refractivity contribution < 1.29 is 23.8 Å². The number of aromatic nitrogens is 2. The van der Waals surface area contributed by atoms with Crippen LogP contribution >= 0.6 is 11.3 Å². The van der Waals surface area contributed by atoms with Crippen LogP contribution in [0.2, 0.25) is 0 Å². The Bertz CT molecular complexity index is 1220. The van der Waals surface area contributed by atoms with Gasteiger partial charge in [-0.2, -0.15) is 0 Å². The summed E-state index contributed by atoms with van der Waals surface area (Å²) in [5.74, 6) is 0.733. The zero-order valence-corrected chi connectivity index (χ0v) is 21.1. The third kappa shape index (κ3) is 5.61. The van der Waals surface area contributed by atoms with Gasteiger partial charge in [0.15, 0.2) is 0 Å². The van der Waals surface area contributed by atoms with Crippen LogP contribution in [0.3, 0.4) is 0 Å². The molecule has 1 aliphatic carbocycles. The van der Waals surface area contributed by atoms with Gasteiger partial charge in [-0.3, -0.25) is 4.79 Å². The fraction of sp³-hybridized carbons (Fsp3) is 0.500. The van der Waals surface area contributed by atoms with Crippen molar-refractivity contribution in [2.45, 2.75) is 57.7 Å². The van der Waals surface area contributed by atoms with E-state index in [0.717, 1.165) is 30.4 Å². The molecule has 0 radical (unpaired) electrons. The van der Waals surface area contributed by atoms with Crippen molar-refractivity contribution >= 4 is 39.0 Å². The quantitative estimate of drug-likeness (QED) is 0.419. The number of benzene rings is 1. The molecule has 1 aliphatic heterocycles. The molecule has 1 atom stereocenters. The molecule has 0 spiro atoms. The normalized spacial score (nSPS) is 22.4. The van der Waals surface area contributed by atoms with Crippen LogP contribution in [-0.2, 0) is 4.74 Å². The Morgan fingerprint density at radius 1 is 1.25 bits per heavy atom. The first-order valence-corrected chi connectivity index (χ1v) is 13.3. The zero-order chi connectivity index (χ0) is 25.1. The van der Waals surface area contributed by atoms with Crippen LogP contribution in [0.4, 0.5) is 15.9 Å². The van der Waals surface area contributed by atoms with E-state index < -0.39 is 5.82 Å². The number of amides is 1. The second kappa shape index (κ2) is 11.1. The van der Waals surface area contributed by atoms with Gasteiger partial charge in [-0.25, -0.2) is 14.4 Å². The van der Waals surface area contributed by atoms with Crippen LogP contribution in [-0.4, -0.2) is 52.9 Å². The Morgan fingerprint density at radius 3 is 2.86 bits per heavy atom. The number of nitrogens with zero attached hydrogens (tertiary/aromatic N) is 2. The van der Waals surface area contributed by atoms with E-state index in [9.17, 15) is 14.3 Å². The maximum absolute atomic E-state index is 14.1. The lowest BCUT2D eigenvalue weighted by molar-refractivity contribution is 0.0536. The second-order valence-electron chi connectivity index (χ2n) is 9.57. The number of ether oxygens (including phenoxy) is 2. The number of thiophene rings is 1. The fourth-order valence-electron chi connectivity index (χ4n) is 4.84. The first kappa shape index (κ1) is 24.9. The largest absolute Gasteiger partial charge is 0.488 e. The molecule has 3 N–H and O–H groups in total. The smallest absolute Gasteiger partial charge is 0.261 e. The number of rotatable bonds is 7. The number of hydrogen-bond acceptors (Lipinski definition) is 8.